The first kappa shape index (κ1) is 7.68. The lowest BCUT2D eigenvalue weighted by atomic mass is 10.4. The molecule has 0 unspecified atom stereocenters. The van der Waals surface area contributed by atoms with Crippen molar-refractivity contribution in [2.24, 2.45) is 0 Å². The third kappa shape index (κ3) is 4.53. The fraction of sp³-hybridized carbons (Fsp3) is 0.200. The van der Waals surface area contributed by atoms with Crippen molar-refractivity contribution in [3.8, 4) is 0 Å². The Kier molecular flexibility index (Phi) is 3.12. The van der Waals surface area contributed by atoms with Crippen LogP contribution in [0.25, 0.3) is 0 Å². The van der Waals surface area contributed by atoms with E-state index in [9.17, 15) is 9.59 Å². The molecule has 50 valence electrons. The highest BCUT2D eigenvalue weighted by Crippen LogP contribution is 1.86. The van der Waals surface area contributed by atoms with Gasteiger partial charge in [-0.05, 0) is 0 Å². The molecule has 0 heterocycles. The van der Waals surface area contributed by atoms with Crippen LogP contribution in [0.2, 0.25) is 0 Å². The van der Waals surface area contributed by atoms with Crippen LogP contribution in [0.3, 0.4) is 0 Å². The van der Waals surface area contributed by atoms with E-state index in [-0.39, 0.29) is 6.42 Å². The Balaban J connectivity index is 3.50. The first-order valence-corrected chi connectivity index (χ1v) is 2.21. The maximum absolute atomic E-state index is 10.2. The Morgan fingerprint density at radius 3 is 2.56 bits per heavy atom. The lowest BCUT2D eigenvalue weighted by Crippen LogP contribution is -2.07. The molecule has 0 fully saturated rings. The predicted molar refractivity (Wildman–Crippen MR) is 28.9 cm³/mol. The first-order valence-electron chi connectivity index (χ1n) is 2.21. The minimum atomic E-state index is -1.58. The van der Waals surface area contributed by atoms with Gasteiger partial charge in [-0.2, -0.15) is 0 Å². The van der Waals surface area contributed by atoms with Crippen LogP contribution < -0.4 is 0 Å². The maximum atomic E-state index is 10.2. The van der Waals surface area contributed by atoms with Gasteiger partial charge in [-0.15, -0.1) is 6.58 Å². The topological polar surface area (TPSA) is 63.6 Å². The van der Waals surface area contributed by atoms with Crippen LogP contribution in [0.15, 0.2) is 12.7 Å². The highest BCUT2D eigenvalue weighted by atomic mass is 16.7. The van der Waals surface area contributed by atoms with E-state index in [0.29, 0.717) is 0 Å². The van der Waals surface area contributed by atoms with Gasteiger partial charge in [0.15, 0.2) is 0 Å². The summed E-state index contributed by atoms with van der Waals surface area (Å²) >= 11 is 0. The summed E-state index contributed by atoms with van der Waals surface area (Å²) < 4.78 is 3.70. The summed E-state index contributed by atoms with van der Waals surface area (Å²) in [6.45, 7) is 3.21. The van der Waals surface area contributed by atoms with Crippen molar-refractivity contribution in [2.45, 2.75) is 6.42 Å². The molecule has 0 aromatic rings. The van der Waals surface area contributed by atoms with Crippen molar-refractivity contribution in [3.05, 3.63) is 12.7 Å². The van der Waals surface area contributed by atoms with E-state index in [1.807, 2.05) is 0 Å². The van der Waals surface area contributed by atoms with Crippen molar-refractivity contribution in [2.75, 3.05) is 0 Å². The molecular weight excluding hydrogens is 124 g/mol. The van der Waals surface area contributed by atoms with Crippen LogP contribution in [0.1, 0.15) is 6.42 Å². The highest BCUT2D eigenvalue weighted by molar-refractivity contribution is 5.81. The summed E-state index contributed by atoms with van der Waals surface area (Å²) in [5, 5.41) is 7.83. The summed E-state index contributed by atoms with van der Waals surface area (Å²) in [5.41, 5.74) is 0. The summed E-state index contributed by atoms with van der Waals surface area (Å²) in [4.78, 5) is 19.8. The number of carbonyl (C=O) groups excluding carboxylic acids is 1. The van der Waals surface area contributed by atoms with Crippen molar-refractivity contribution < 1.29 is 19.4 Å². The van der Waals surface area contributed by atoms with Gasteiger partial charge in [0.2, 0.25) is 0 Å². The molecule has 0 atom stereocenters. The quantitative estimate of drug-likeness (QED) is 0.341. The van der Waals surface area contributed by atoms with E-state index in [4.69, 9.17) is 5.11 Å². The molecule has 0 saturated heterocycles. The lowest BCUT2D eigenvalue weighted by Gasteiger charge is -1.91. The number of carboxylic acid groups (broad SMARTS) is 1. The fourth-order valence-corrected chi connectivity index (χ4v) is 0.257. The standard InChI is InChI=1S/C5H6O4/c1-2-3-4(6)9-5(7)8/h2H,1,3H2,(H,7,8). The second-order valence-electron chi connectivity index (χ2n) is 1.23. The first-order chi connectivity index (χ1) is 4.16. The second kappa shape index (κ2) is 3.65. The summed E-state index contributed by atoms with van der Waals surface area (Å²) in [5.74, 6) is -0.808. The SMILES string of the molecule is C=CCC(=O)OC(=O)O. The molecule has 0 aliphatic heterocycles. The zero-order valence-electron chi connectivity index (χ0n) is 4.66. The van der Waals surface area contributed by atoms with Gasteiger partial charge < -0.3 is 9.84 Å². The van der Waals surface area contributed by atoms with Crippen LogP contribution in [0.4, 0.5) is 4.79 Å². The molecule has 0 saturated carbocycles. The van der Waals surface area contributed by atoms with E-state index in [1.54, 1.807) is 0 Å². The Morgan fingerprint density at radius 1 is 1.67 bits per heavy atom. The molecule has 0 aromatic carbocycles. The van der Waals surface area contributed by atoms with Crippen molar-refractivity contribution in [1.29, 1.82) is 0 Å². The molecule has 0 aliphatic rings. The molecule has 0 rings (SSSR count). The number of esters is 1. The molecule has 0 bridgehead atoms. The molecule has 4 heteroatoms. The Morgan fingerprint density at radius 2 is 2.22 bits per heavy atom. The van der Waals surface area contributed by atoms with Crippen LogP contribution in [-0.2, 0) is 9.53 Å². The minimum Gasteiger partial charge on any atom is -0.449 e. The van der Waals surface area contributed by atoms with E-state index in [0.717, 1.165) is 0 Å². The largest absolute Gasteiger partial charge is 0.513 e. The van der Waals surface area contributed by atoms with Crippen molar-refractivity contribution >= 4 is 12.1 Å². The molecule has 4 nitrogen and oxygen atoms in total. The maximum Gasteiger partial charge on any atom is 0.513 e. The van der Waals surface area contributed by atoms with Crippen molar-refractivity contribution in [3.63, 3.8) is 0 Å². The smallest absolute Gasteiger partial charge is 0.449 e. The molecule has 0 amide bonds. The summed E-state index contributed by atoms with van der Waals surface area (Å²) in [6, 6.07) is 0. The van der Waals surface area contributed by atoms with Crippen LogP contribution in [0, 0.1) is 0 Å². The average Bonchev–Trinajstić information content (AvgIpc) is 1.63. The molecule has 0 spiro atoms. The van der Waals surface area contributed by atoms with Gasteiger partial charge >= 0.3 is 12.1 Å². The predicted octanol–water partition coefficient (Wildman–Crippen LogP) is 0.784. The Labute approximate surface area is 51.7 Å². The number of carbonyl (C=O) groups is 2. The molecule has 0 aliphatic carbocycles. The highest BCUT2D eigenvalue weighted by Gasteiger charge is 2.03. The average molecular weight is 130 g/mol. The fourth-order valence-electron chi connectivity index (χ4n) is 0.257. The minimum absolute atomic E-state index is 0.0771. The number of rotatable bonds is 2. The number of hydrogen-bond acceptors (Lipinski definition) is 3. The normalized spacial score (nSPS) is 8.00. The molecule has 0 radical (unpaired) electrons. The second-order valence-corrected chi connectivity index (χ2v) is 1.23. The number of ether oxygens (including phenoxy) is 1. The Hall–Kier alpha value is -1.32. The van der Waals surface area contributed by atoms with Gasteiger partial charge in [0.1, 0.15) is 0 Å². The number of hydrogen-bond donors (Lipinski definition) is 1. The summed E-state index contributed by atoms with van der Waals surface area (Å²) in [6.07, 6.45) is -0.390. The van der Waals surface area contributed by atoms with Crippen LogP contribution >= 0.6 is 0 Å². The summed E-state index contributed by atoms with van der Waals surface area (Å²) in [7, 11) is 0. The van der Waals surface area contributed by atoms with E-state index in [2.05, 4.69) is 11.3 Å². The van der Waals surface area contributed by atoms with E-state index in [1.165, 1.54) is 6.08 Å². The van der Waals surface area contributed by atoms with Crippen LogP contribution in [0.5, 0.6) is 0 Å². The van der Waals surface area contributed by atoms with Gasteiger partial charge in [-0.3, -0.25) is 4.79 Å². The molecule has 9 heavy (non-hydrogen) atoms. The van der Waals surface area contributed by atoms with Gasteiger partial charge in [-0.25, -0.2) is 4.79 Å². The molecule has 0 aromatic heterocycles. The van der Waals surface area contributed by atoms with E-state index < -0.39 is 12.1 Å². The van der Waals surface area contributed by atoms with Gasteiger partial charge in [0, 0.05) is 0 Å². The van der Waals surface area contributed by atoms with Crippen LogP contribution in [-0.4, -0.2) is 17.2 Å². The zero-order valence-corrected chi connectivity index (χ0v) is 4.66. The van der Waals surface area contributed by atoms with E-state index >= 15 is 0 Å². The third-order valence-electron chi connectivity index (χ3n) is 0.512. The van der Waals surface area contributed by atoms with Gasteiger partial charge in [0.05, 0.1) is 6.42 Å². The monoisotopic (exact) mass is 130 g/mol. The van der Waals surface area contributed by atoms with Gasteiger partial charge in [0.25, 0.3) is 0 Å². The third-order valence-corrected chi connectivity index (χ3v) is 0.512. The lowest BCUT2D eigenvalue weighted by molar-refractivity contribution is -0.137. The Bertz CT molecular complexity index is 138. The zero-order chi connectivity index (χ0) is 7.28. The molecular formula is C5H6O4. The van der Waals surface area contributed by atoms with Crippen molar-refractivity contribution in [1.82, 2.24) is 0 Å². The molecule has 1 N–H and O–H groups in total. The van der Waals surface area contributed by atoms with Gasteiger partial charge in [-0.1, -0.05) is 6.08 Å².